The van der Waals surface area contributed by atoms with Crippen LogP contribution in [-0.2, 0) is 4.74 Å². The summed E-state index contributed by atoms with van der Waals surface area (Å²) in [6, 6.07) is 8.17. The summed E-state index contributed by atoms with van der Waals surface area (Å²) in [5.41, 5.74) is 8.04. The molecular weight excluding hydrogens is 436 g/mol. The normalized spacial score (nSPS) is 17.3. The number of halogens is 1. The molecule has 10 heteroatoms. The van der Waals surface area contributed by atoms with Crippen LogP contribution in [0.25, 0.3) is 0 Å². The zero-order valence-electron chi connectivity index (χ0n) is 15.9. The van der Waals surface area contributed by atoms with Gasteiger partial charge in [-0.2, -0.15) is 9.98 Å². The summed E-state index contributed by atoms with van der Waals surface area (Å²) in [6.45, 7) is 3.34. The fourth-order valence-corrected chi connectivity index (χ4v) is 3.31. The van der Waals surface area contributed by atoms with Crippen molar-refractivity contribution in [2.24, 2.45) is 16.6 Å². The quantitative estimate of drug-likeness (QED) is 0.397. The van der Waals surface area contributed by atoms with Crippen molar-refractivity contribution >= 4 is 50.9 Å². The van der Waals surface area contributed by atoms with Crippen LogP contribution >= 0.6 is 15.9 Å². The highest BCUT2D eigenvalue weighted by atomic mass is 79.9. The first-order valence-corrected chi connectivity index (χ1v) is 10.4. The largest absolute Gasteiger partial charge is 0.378 e. The molecule has 1 saturated heterocycles. The minimum atomic E-state index is 0.258. The lowest BCUT2D eigenvalue weighted by Crippen LogP contribution is -2.86. The highest BCUT2D eigenvalue weighted by Gasteiger charge is 2.27. The number of amidine groups is 1. The molecule has 0 spiro atoms. The summed E-state index contributed by atoms with van der Waals surface area (Å²) >= 11 is 3.44. The number of ether oxygens (including phenoxy) is 1. The van der Waals surface area contributed by atoms with Crippen LogP contribution in [0.5, 0.6) is 0 Å². The van der Waals surface area contributed by atoms with Gasteiger partial charge >= 0.3 is 5.96 Å². The van der Waals surface area contributed by atoms with Crippen LogP contribution in [0.4, 0.5) is 23.1 Å². The van der Waals surface area contributed by atoms with Crippen molar-refractivity contribution in [3.63, 3.8) is 0 Å². The van der Waals surface area contributed by atoms with Crippen LogP contribution in [0, 0.1) is 11.3 Å². The molecule has 1 aliphatic carbocycles. The number of hydrogen-bond acceptors (Lipinski definition) is 6. The molecule has 152 valence electrons. The summed E-state index contributed by atoms with van der Waals surface area (Å²) in [5, 5.41) is 12.7. The van der Waals surface area contributed by atoms with Crippen molar-refractivity contribution in [3.8, 4) is 0 Å². The van der Waals surface area contributed by atoms with Crippen LogP contribution in [-0.4, -0.2) is 48.1 Å². The van der Waals surface area contributed by atoms with E-state index in [4.69, 9.17) is 15.9 Å². The first-order chi connectivity index (χ1) is 14.1. The number of guanidine groups is 1. The van der Waals surface area contributed by atoms with Gasteiger partial charge in [0.05, 0.1) is 19.4 Å². The molecule has 2 aliphatic rings. The van der Waals surface area contributed by atoms with Gasteiger partial charge in [-0.1, -0.05) is 0 Å². The molecule has 1 saturated carbocycles. The average molecular weight is 460 g/mol. The third kappa shape index (κ3) is 5.28. The first-order valence-electron chi connectivity index (χ1n) is 9.58. The molecule has 2 fully saturated rings. The smallest absolute Gasteiger partial charge is 0.304 e. The third-order valence-corrected chi connectivity index (χ3v) is 5.38. The van der Waals surface area contributed by atoms with Crippen molar-refractivity contribution in [1.29, 1.82) is 5.41 Å². The number of quaternary nitrogens is 1. The summed E-state index contributed by atoms with van der Waals surface area (Å²) in [7, 11) is 0. The van der Waals surface area contributed by atoms with E-state index in [1.165, 1.54) is 5.69 Å². The molecule has 2 heterocycles. The zero-order valence-corrected chi connectivity index (χ0v) is 17.5. The van der Waals surface area contributed by atoms with Crippen molar-refractivity contribution < 1.29 is 10.1 Å². The van der Waals surface area contributed by atoms with Gasteiger partial charge in [-0.25, -0.2) is 10.3 Å². The maximum Gasteiger partial charge on any atom is 0.304 e. The molecule has 6 N–H and O–H groups in total. The lowest BCUT2D eigenvalue weighted by molar-refractivity contribution is -0.451. The molecule has 9 nitrogen and oxygen atoms in total. The second-order valence-corrected chi connectivity index (χ2v) is 7.89. The van der Waals surface area contributed by atoms with E-state index >= 15 is 0 Å². The number of aromatic nitrogens is 2. The Balaban J connectivity index is 1.42. The number of aliphatic imine (C=N–C) groups is 1. The van der Waals surface area contributed by atoms with Gasteiger partial charge in [-0.15, -0.1) is 0 Å². The van der Waals surface area contributed by atoms with E-state index in [-0.39, 0.29) is 11.9 Å². The van der Waals surface area contributed by atoms with Gasteiger partial charge in [-0.05, 0) is 53.0 Å². The average Bonchev–Trinajstić information content (AvgIpc) is 3.57. The number of anilines is 3. The predicted molar refractivity (Wildman–Crippen MR) is 116 cm³/mol. The Morgan fingerprint density at radius 2 is 2.00 bits per heavy atom. The topological polar surface area (TPSA) is 129 Å². The van der Waals surface area contributed by atoms with Gasteiger partial charge in [0.2, 0.25) is 5.95 Å². The van der Waals surface area contributed by atoms with E-state index in [1.54, 1.807) is 11.5 Å². The lowest BCUT2D eigenvalue weighted by Gasteiger charge is -2.28. The maximum absolute atomic E-state index is 7.88. The van der Waals surface area contributed by atoms with Gasteiger partial charge in [0, 0.05) is 30.4 Å². The molecule has 4 rings (SSSR count). The van der Waals surface area contributed by atoms with Gasteiger partial charge in [0.25, 0.3) is 5.82 Å². The van der Waals surface area contributed by atoms with Gasteiger partial charge in [0.15, 0.2) is 0 Å². The monoisotopic (exact) mass is 459 g/mol. The minimum Gasteiger partial charge on any atom is -0.378 e. The van der Waals surface area contributed by atoms with Crippen LogP contribution < -0.4 is 21.3 Å². The molecule has 1 aromatic heterocycles. The number of nitrogens with zero attached hydrogens (tertiary/aromatic N) is 4. The van der Waals surface area contributed by atoms with Crippen LogP contribution in [0.2, 0.25) is 0 Å². The predicted octanol–water partition coefficient (Wildman–Crippen LogP) is 1.72. The number of hydrogen-bond donors (Lipinski definition) is 4. The molecule has 29 heavy (non-hydrogen) atoms. The van der Waals surface area contributed by atoms with E-state index in [9.17, 15) is 0 Å². The Labute approximate surface area is 177 Å². The second kappa shape index (κ2) is 8.85. The second-order valence-electron chi connectivity index (χ2n) is 7.04. The third-order valence-electron chi connectivity index (χ3n) is 4.77. The molecule has 0 atom stereocenters. The van der Waals surface area contributed by atoms with E-state index in [2.05, 4.69) is 53.2 Å². The fourth-order valence-electron chi connectivity index (χ4n) is 3.01. The van der Waals surface area contributed by atoms with E-state index < -0.39 is 0 Å². The fraction of sp³-hybridized carbons (Fsp3) is 0.368. The van der Waals surface area contributed by atoms with Crippen molar-refractivity contribution in [1.82, 2.24) is 9.97 Å². The van der Waals surface area contributed by atoms with Crippen LogP contribution in [0.1, 0.15) is 12.8 Å². The summed E-state index contributed by atoms with van der Waals surface area (Å²) in [4.78, 5) is 15.3. The number of rotatable bonds is 5. The van der Waals surface area contributed by atoms with Gasteiger partial charge < -0.3 is 20.7 Å². The van der Waals surface area contributed by atoms with Gasteiger partial charge in [-0.3, -0.25) is 5.41 Å². The molecule has 0 amide bonds. The summed E-state index contributed by atoms with van der Waals surface area (Å²) in [5.74, 6) is 1.93. The van der Waals surface area contributed by atoms with Gasteiger partial charge in [0.1, 0.15) is 10.3 Å². The summed E-state index contributed by atoms with van der Waals surface area (Å²) in [6.07, 6.45) is 3.71. The standard InChI is InChI=1S/C19H23BrN8O/c20-15-11-23-19(27-17(15)26-18(22)25-16(21)12-1-2-12)24-13-3-5-14(6-4-13)28-7-9-29-10-8-28/h3-6,11-12H,1-2,7-10H2,(H5,21,22,23,24,25,26,27)/p+1. The maximum atomic E-state index is 7.88. The number of nitrogens with two attached hydrogens (primary N) is 2. The van der Waals surface area contributed by atoms with E-state index in [1.807, 2.05) is 12.1 Å². The molecule has 0 unspecified atom stereocenters. The molecule has 1 aromatic carbocycles. The van der Waals surface area contributed by atoms with Crippen molar-refractivity contribution in [3.05, 3.63) is 34.9 Å². The SMILES string of the molecule is N=C(N=C(N)[NH2+]c1nc(Nc2ccc(N3CCOCC3)cc2)ncc1Br)C1CC1. The number of morpholine rings is 1. The zero-order chi connectivity index (χ0) is 20.2. The number of nitrogens with one attached hydrogen (secondary N) is 2. The van der Waals surface area contributed by atoms with E-state index in [0.29, 0.717) is 22.1 Å². The Hall–Kier alpha value is -2.56. The molecule has 2 aromatic rings. The Morgan fingerprint density at radius 3 is 2.69 bits per heavy atom. The Kier molecular flexibility index (Phi) is 6.02. The highest BCUT2D eigenvalue weighted by Crippen LogP contribution is 2.30. The molecule has 0 radical (unpaired) electrons. The Bertz CT molecular complexity index is 907. The molecular formula is C19H24BrN8O+. The van der Waals surface area contributed by atoms with Crippen molar-refractivity contribution in [2.75, 3.05) is 36.5 Å². The molecule has 0 bridgehead atoms. The first kappa shape index (κ1) is 19.7. The minimum absolute atomic E-state index is 0.258. The van der Waals surface area contributed by atoms with Crippen LogP contribution in [0.15, 0.2) is 39.9 Å². The Morgan fingerprint density at radius 1 is 1.28 bits per heavy atom. The highest BCUT2D eigenvalue weighted by molar-refractivity contribution is 9.10. The lowest BCUT2D eigenvalue weighted by atomic mass is 10.2. The summed E-state index contributed by atoms with van der Waals surface area (Å²) < 4.78 is 6.11. The molecule has 1 aliphatic heterocycles. The number of benzene rings is 1. The van der Waals surface area contributed by atoms with Crippen LogP contribution in [0.3, 0.4) is 0 Å². The van der Waals surface area contributed by atoms with E-state index in [0.717, 1.165) is 44.8 Å². The van der Waals surface area contributed by atoms with Crippen molar-refractivity contribution in [2.45, 2.75) is 12.8 Å².